The second-order valence-electron chi connectivity index (χ2n) is 7.36. The Hall–Kier alpha value is -3.60. The lowest BCUT2D eigenvalue weighted by Crippen LogP contribution is -2.21. The predicted octanol–water partition coefficient (Wildman–Crippen LogP) is 5.57. The predicted molar refractivity (Wildman–Crippen MR) is 121 cm³/mol. The highest BCUT2D eigenvalue weighted by molar-refractivity contribution is 5.95. The SMILES string of the molecule is CC[C@H](C)c1ccc(NC(=O)COC(=O)c2cccc(OCc3ccccc3)c2)cc1. The normalized spacial score (nSPS) is 11.4. The molecule has 0 aliphatic heterocycles. The van der Waals surface area contributed by atoms with Gasteiger partial charge in [0.1, 0.15) is 12.4 Å². The molecule has 160 valence electrons. The number of ether oxygens (including phenoxy) is 2. The van der Waals surface area contributed by atoms with Gasteiger partial charge in [-0.05, 0) is 53.8 Å². The van der Waals surface area contributed by atoms with E-state index in [1.165, 1.54) is 5.56 Å². The first-order valence-corrected chi connectivity index (χ1v) is 10.4. The maximum absolute atomic E-state index is 12.3. The standard InChI is InChI=1S/C26H27NO4/c1-3-19(2)21-12-14-23(15-13-21)27-25(28)18-31-26(29)22-10-7-11-24(16-22)30-17-20-8-5-4-6-9-20/h4-16,19H,3,17-18H2,1-2H3,(H,27,28)/t19-/m0/s1. The van der Waals surface area contributed by atoms with Gasteiger partial charge in [-0.3, -0.25) is 4.79 Å². The fraction of sp³-hybridized carbons (Fsp3) is 0.231. The molecule has 0 aliphatic carbocycles. The molecular formula is C26H27NO4. The summed E-state index contributed by atoms with van der Waals surface area (Å²) in [7, 11) is 0. The van der Waals surface area contributed by atoms with Gasteiger partial charge in [0.2, 0.25) is 0 Å². The molecule has 0 heterocycles. The molecule has 3 aromatic carbocycles. The second kappa shape index (κ2) is 11.0. The molecule has 0 spiro atoms. The lowest BCUT2D eigenvalue weighted by Gasteiger charge is -2.11. The third-order valence-electron chi connectivity index (χ3n) is 5.03. The average molecular weight is 418 g/mol. The molecule has 0 radical (unpaired) electrons. The number of nitrogens with one attached hydrogen (secondary N) is 1. The van der Waals surface area contributed by atoms with Crippen LogP contribution in [0.15, 0.2) is 78.9 Å². The van der Waals surface area contributed by atoms with Gasteiger partial charge >= 0.3 is 5.97 Å². The zero-order valence-corrected chi connectivity index (χ0v) is 17.8. The van der Waals surface area contributed by atoms with Crippen LogP contribution in [0.1, 0.15) is 47.7 Å². The van der Waals surface area contributed by atoms with Gasteiger partial charge in [-0.2, -0.15) is 0 Å². The van der Waals surface area contributed by atoms with E-state index in [-0.39, 0.29) is 12.5 Å². The lowest BCUT2D eigenvalue weighted by atomic mass is 9.99. The molecule has 5 heteroatoms. The van der Waals surface area contributed by atoms with E-state index in [9.17, 15) is 9.59 Å². The number of esters is 1. The molecule has 1 atom stereocenters. The van der Waals surface area contributed by atoms with Crippen molar-refractivity contribution in [3.8, 4) is 5.75 Å². The number of hydrogen-bond donors (Lipinski definition) is 1. The molecule has 31 heavy (non-hydrogen) atoms. The van der Waals surface area contributed by atoms with Crippen LogP contribution in [0.4, 0.5) is 5.69 Å². The average Bonchev–Trinajstić information content (AvgIpc) is 2.82. The number of anilines is 1. The van der Waals surface area contributed by atoms with Gasteiger partial charge in [0.15, 0.2) is 6.61 Å². The first kappa shape index (κ1) is 22.1. The van der Waals surface area contributed by atoms with Gasteiger partial charge in [-0.15, -0.1) is 0 Å². The Bertz CT molecular complexity index is 999. The third kappa shape index (κ3) is 6.71. The number of benzene rings is 3. The summed E-state index contributed by atoms with van der Waals surface area (Å²) in [4.78, 5) is 24.5. The molecule has 1 amide bonds. The van der Waals surface area contributed by atoms with E-state index in [2.05, 4.69) is 19.2 Å². The lowest BCUT2D eigenvalue weighted by molar-refractivity contribution is -0.119. The number of amides is 1. The van der Waals surface area contributed by atoms with Crippen LogP contribution < -0.4 is 10.1 Å². The molecule has 3 aromatic rings. The summed E-state index contributed by atoms with van der Waals surface area (Å²) in [5.41, 5.74) is 3.26. The molecule has 0 unspecified atom stereocenters. The van der Waals surface area contributed by atoms with Crippen molar-refractivity contribution in [3.05, 3.63) is 95.6 Å². The van der Waals surface area contributed by atoms with Crippen LogP contribution in [0.3, 0.4) is 0 Å². The van der Waals surface area contributed by atoms with Crippen LogP contribution in [0.25, 0.3) is 0 Å². The Morgan fingerprint density at radius 3 is 2.39 bits per heavy atom. The number of carbonyl (C=O) groups is 2. The van der Waals surface area contributed by atoms with E-state index in [1.54, 1.807) is 24.3 Å². The summed E-state index contributed by atoms with van der Waals surface area (Å²) in [6.07, 6.45) is 1.06. The van der Waals surface area contributed by atoms with Crippen LogP contribution in [-0.2, 0) is 16.1 Å². The monoisotopic (exact) mass is 417 g/mol. The van der Waals surface area contributed by atoms with Crippen molar-refractivity contribution in [2.75, 3.05) is 11.9 Å². The first-order chi connectivity index (χ1) is 15.0. The summed E-state index contributed by atoms with van der Waals surface area (Å²) in [6.45, 7) is 4.34. The third-order valence-corrected chi connectivity index (χ3v) is 5.03. The zero-order valence-electron chi connectivity index (χ0n) is 17.8. The van der Waals surface area contributed by atoms with Gasteiger partial charge in [0.25, 0.3) is 5.91 Å². The largest absolute Gasteiger partial charge is 0.489 e. The van der Waals surface area contributed by atoms with Crippen LogP contribution >= 0.6 is 0 Å². The number of hydrogen-bond acceptors (Lipinski definition) is 4. The maximum Gasteiger partial charge on any atom is 0.338 e. The Kier molecular flexibility index (Phi) is 7.82. The Balaban J connectivity index is 1.49. The van der Waals surface area contributed by atoms with Gasteiger partial charge in [0, 0.05) is 5.69 Å². The Morgan fingerprint density at radius 2 is 1.68 bits per heavy atom. The second-order valence-corrected chi connectivity index (χ2v) is 7.36. The maximum atomic E-state index is 12.3. The molecule has 0 aromatic heterocycles. The number of rotatable bonds is 9. The van der Waals surface area contributed by atoms with Crippen LogP contribution in [0.5, 0.6) is 5.75 Å². The van der Waals surface area contributed by atoms with Crippen molar-refractivity contribution in [1.82, 2.24) is 0 Å². The van der Waals surface area contributed by atoms with E-state index < -0.39 is 5.97 Å². The zero-order chi connectivity index (χ0) is 22.1. The summed E-state index contributed by atoms with van der Waals surface area (Å²) in [6, 6.07) is 24.2. The van der Waals surface area contributed by atoms with Crippen LogP contribution in [0.2, 0.25) is 0 Å². The highest BCUT2D eigenvalue weighted by Gasteiger charge is 2.12. The summed E-state index contributed by atoms with van der Waals surface area (Å²) < 4.78 is 10.9. The molecule has 0 bridgehead atoms. The quantitative estimate of drug-likeness (QED) is 0.462. The molecule has 0 saturated carbocycles. The van der Waals surface area contributed by atoms with E-state index >= 15 is 0 Å². The molecular weight excluding hydrogens is 390 g/mol. The van der Waals surface area contributed by atoms with Crippen LogP contribution in [0, 0.1) is 0 Å². The van der Waals surface area contributed by atoms with E-state index in [0.29, 0.717) is 29.5 Å². The molecule has 5 nitrogen and oxygen atoms in total. The van der Waals surface area contributed by atoms with Gasteiger partial charge in [-0.1, -0.05) is 62.4 Å². The molecule has 1 N–H and O–H groups in total. The van der Waals surface area contributed by atoms with Gasteiger partial charge < -0.3 is 14.8 Å². The van der Waals surface area contributed by atoms with Crippen molar-refractivity contribution in [2.24, 2.45) is 0 Å². The van der Waals surface area contributed by atoms with Gasteiger partial charge in [0.05, 0.1) is 5.56 Å². The van der Waals surface area contributed by atoms with Crippen molar-refractivity contribution in [2.45, 2.75) is 32.8 Å². The molecule has 3 rings (SSSR count). The summed E-state index contributed by atoms with van der Waals surface area (Å²) >= 11 is 0. The Labute approximate surface area is 183 Å². The topological polar surface area (TPSA) is 64.6 Å². The fourth-order valence-electron chi connectivity index (χ4n) is 3.00. The molecule has 0 fully saturated rings. The fourth-order valence-corrected chi connectivity index (χ4v) is 3.00. The Morgan fingerprint density at radius 1 is 0.935 bits per heavy atom. The van der Waals surface area contributed by atoms with E-state index in [1.807, 2.05) is 54.6 Å². The van der Waals surface area contributed by atoms with Crippen molar-refractivity contribution in [1.29, 1.82) is 0 Å². The first-order valence-electron chi connectivity index (χ1n) is 10.4. The minimum atomic E-state index is -0.576. The highest BCUT2D eigenvalue weighted by atomic mass is 16.5. The summed E-state index contributed by atoms with van der Waals surface area (Å²) in [5, 5.41) is 2.74. The van der Waals surface area contributed by atoms with Crippen molar-refractivity contribution >= 4 is 17.6 Å². The minimum Gasteiger partial charge on any atom is -0.489 e. The molecule has 0 saturated heterocycles. The molecule has 0 aliphatic rings. The van der Waals surface area contributed by atoms with Crippen molar-refractivity contribution < 1.29 is 19.1 Å². The summed E-state index contributed by atoms with van der Waals surface area (Å²) in [5.74, 6) is 0.0656. The highest BCUT2D eigenvalue weighted by Crippen LogP contribution is 2.20. The minimum absolute atomic E-state index is 0.330. The van der Waals surface area contributed by atoms with Crippen molar-refractivity contribution in [3.63, 3.8) is 0 Å². The smallest absolute Gasteiger partial charge is 0.338 e. The number of carbonyl (C=O) groups excluding carboxylic acids is 2. The van der Waals surface area contributed by atoms with E-state index in [4.69, 9.17) is 9.47 Å². The van der Waals surface area contributed by atoms with Gasteiger partial charge in [-0.25, -0.2) is 4.79 Å². The van der Waals surface area contributed by atoms with Crippen LogP contribution in [-0.4, -0.2) is 18.5 Å². The van der Waals surface area contributed by atoms with E-state index in [0.717, 1.165) is 12.0 Å².